The van der Waals surface area contributed by atoms with Crippen LogP contribution < -0.4 is 9.64 Å². The molecule has 5 rings (SSSR count). The van der Waals surface area contributed by atoms with Gasteiger partial charge in [-0.3, -0.25) is 4.90 Å². The Morgan fingerprint density at radius 3 is 2.24 bits per heavy atom. The molecule has 1 fully saturated rings. The second kappa shape index (κ2) is 10.3. The first-order valence-electron chi connectivity index (χ1n) is 11.6. The molecule has 0 radical (unpaired) electrons. The predicted molar refractivity (Wildman–Crippen MR) is 132 cm³/mol. The summed E-state index contributed by atoms with van der Waals surface area (Å²) in [5, 5.41) is 4.75. The zero-order chi connectivity index (χ0) is 22.3. The Balaban J connectivity index is 1.16. The van der Waals surface area contributed by atoms with Crippen LogP contribution in [0.1, 0.15) is 6.42 Å². The fraction of sp³-hybridized carbons (Fsp3) is 0.259. The molecule has 1 aliphatic heterocycles. The van der Waals surface area contributed by atoms with Gasteiger partial charge in [0.2, 0.25) is 5.88 Å². The van der Waals surface area contributed by atoms with E-state index in [0.717, 1.165) is 61.9 Å². The number of rotatable bonds is 8. The van der Waals surface area contributed by atoms with E-state index in [9.17, 15) is 0 Å². The smallest absolute Gasteiger partial charge is 0.233 e. The molecule has 6 nitrogen and oxygen atoms in total. The van der Waals surface area contributed by atoms with Gasteiger partial charge in [-0.25, -0.2) is 9.67 Å². The van der Waals surface area contributed by atoms with Crippen LogP contribution in [0.15, 0.2) is 91.1 Å². The summed E-state index contributed by atoms with van der Waals surface area (Å²) in [6.07, 6.45) is 2.84. The number of para-hydroxylation sites is 1. The van der Waals surface area contributed by atoms with Crippen molar-refractivity contribution in [3.63, 3.8) is 0 Å². The zero-order valence-electron chi connectivity index (χ0n) is 18.8. The van der Waals surface area contributed by atoms with Gasteiger partial charge in [-0.15, -0.1) is 5.10 Å². The van der Waals surface area contributed by atoms with Crippen molar-refractivity contribution in [1.29, 1.82) is 0 Å². The van der Waals surface area contributed by atoms with E-state index >= 15 is 0 Å². The number of anilines is 1. The predicted octanol–water partition coefficient (Wildman–Crippen LogP) is 4.53. The molecule has 0 bridgehead atoms. The Labute approximate surface area is 195 Å². The Morgan fingerprint density at radius 1 is 0.788 bits per heavy atom. The van der Waals surface area contributed by atoms with Crippen LogP contribution in [0.4, 0.5) is 5.82 Å². The minimum Gasteiger partial charge on any atom is -0.477 e. The van der Waals surface area contributed by atoms with Gasteiger partial charge in [-0.05, 0) is 30.7 Å². The fourth-order valence-electron chi connectivity index (χ4n) is 4.22. The first kappa shape index (κ1) is 21.2. The molecule has 0 unspecified atom stereocenters. The van der Waals surface area contributed by atoms with Crippen LogP contribution >= 0.6 is 0 Å². The molecule has 0 saturated carbocycles. The van der Waals surface area contributed by atoms with Gasteiger partial charge in [0.05, 0.1) is 18.0 Å². The molecule has 0 N–H and O–H groups in total. The van der Waals surface area contributed by atoms with Gasteiger partial charge in [-0.1, -0.05) is 54.6 Å². The molecule has 6 heteroatoms. The molecule has 4 aromatic rings. The largest absolute Gasteiger partial charge is 0.477 e. The molecule has 0 aliphatic carbocycles. The van der Waals surface area contributed by atoms with Gasteiger partial charge in [-0.2, -0.15) is 0 Å². The first-order valence-corrected chi connectivity index (χ1v) is 11.6. The maximum absolute atomic E-state index is 6.07. The van der Waals surface area contributed by atoms with Crippen LogP contribution in [0.3, 0.4) is 0 Å². The summed E-state index contributed by atoms with van der Waals surface area (Å²) in [4.78, 5) is 9.32. The van der Waals surface area contributed by atoms with Crippen molar-refractivity contribution in [3.05, 3.63) is 91.1 Å². The average molecular weight is 440 g/mol. The molecule has 2 aromatic heterocycles. The van der Waals surface area contributed by atoms with E-state index < -0.39 is 0 Å². The molecule has 0 amide bonds. The third-order valence-electron chi connectivity index (χ3n) is 5.97. The molecule has 3 heterocycles. The minimum absolute atomic E-state index is 0.653. The van der Waals surface area contributed by atoms with Crippen LogP contribution in [-0.4, -0.2) is 59.0 Å². The average Bonchev–Trinajstić information content (AvgIpc) is 3.33. The van der Waals surface area contributed by atoms with Gasteiger partial charge in [0, 0.05) is 50.6 Å². The van der Waals surface area contributed by atoms with Crippen LogP contribution in [0.5, 0.6) is 5.88 Å². The third-order valence-corrected chi connectivity index (χ3v) is 5.97. The number of piperazine rings is 1. The molecule has 2 aromatic carbocycles. The third kappa shape index (κ3) is 5.23. The maximum Gasteiger partial charge on any atom is 0.233 e. The summed E-state index contributed by atoms with van der Waals surface area (Å²) in [6.45, 7) is 5.82. The van der Waals surface area contributed by atoms with Crippen LogP contribution in [0.25, 0.3) is 16.9 Å². The Morgan fingerprint density at radius 2 is 1.52 bits per heavy atom. The molecule has 168 valence electrons. The fourth-order valence-corrected chi connectivity index (χ4v) is 4.22. The van der Waals surface area contributed by atoms with Crippen molar-refractivity contribution in [2.45, 2.75) is 6.42 Å². The van der Waals surface area contributed by atoms with E-state index in [-0.39, 0.29) is 0 Å². The Hall–Kier alpha value is -3.64. The van der Waals surface area contributed by atoms with Crippen molar-refractivity contribution in [2.24, 2.45) is 0 Å². The van der Waals surface area contributed by atoms with E-state index in [0.29, 0.717) is 12.5 Å². The zero-order valence-corrected chi connectivity index (χ0v) is 18.8. The van der Waals surface area contributed by atoms with E-state index in [1.807, 2.05) is 65.5 Å². The Kier molecular flexibility index (Phi) is 6.63. The second-order valence-electron chi connectivity index (χ2n) is 8.20. The highest BCUT2D eigenvalue weighted by atomic mass is 16.5. The first-order chi connectivity index (χ1) is 16.4. The van der Waals surface area contributed by atoms with Gasteiger partial charge < -0.3 is 9.64 Å². The monoisotopic (exact) mass is 439 g/mol. The highest BCUT2D eigenvalue weighted by molar-refractivity contribution is 5.63. The quantitative estimate of drug-likeness (QED) is 0.378. The number of pyridine rings is 1. The lowest BCUT2D eigenvalue weighted by molar-refractivity contribution is 0.221. The number of benzene rings is 2. The van der Waals surface area contributed by atoms with Crippen molar-refractivity contribution >= 4 is 5.82 Å². The normalized spacial score (nSPS) is 14.4. The lowest BCUT2D eigenvalue weighted by Crippen LogP contribution is -2.47. The summed E-state index contributed by atoms with van der Waals surface area (Å²) in [6, 6.07) is 28.7. The number of hydrogen-bond donors (Lipinski definition) is 0. The molecule has 1 saturated heterocycles. The molecule has 0 atom stereocenters. The minimum atomic E-state index is 0.653. The summed E-state index contributed by atoms with van der Waals surface area (Å²) >= 11 is 0. The van der Waals surface area contributed by atoms with Crippen LogP contribution in [0, 0.1) is 0 Å². The topological polar surface area (TPSA) is 46.4 Å². The maximum atomic E-state index is 6.07. The molecule has 33 heavy (non-hydrogen) atoms. The highest BCUT2D eigenvalue weighted by Crippen LogP contribution is 2.27. The summed E-state index contributed by atoms with van der Waals surface area (Å²) in [7, 11) is 0. The van der Waals surface area contributed by atoms with Gasteiger partial charge in [0.25, 0.3) is 0 Å². The summed E-state index contributed by atoms with van der Waals surface area (Å²) in [5.41, 5.74) is 3.17. The van der Waals surface area contributed by atoms with Crippen LogP contribution in [-0.2, 0) is 0 Å². The van der Waals surface area contributed by atoms with Crippen LogP contribution in [0.2, 0.25) is 0 Å². The molecular weight excluding hydrogens is 410 g/mol. The second-order valence-corrected chi connectivity index (χ2v) is 8.20. The van der Waals surface area contributed by atoms with E-state index in [1.54, 1.807) is 0 Å². The summed E-state index contributed by atoms with van der Waals surface area (Å²) < 4.78 is 8.03. The van der Waals surface area contributed by atoms with Gasteiger partial charge in [0.1, 0.15) is 5.82 Å². The number of ether oxygens (including phenoxy) is 1. The SMILES string of the molecule is c1ccc(-c2cc(OCCCN3CCN(c4ccccn4)CC3)nn2-c2ccccc2)cc1. The highest BCUT2D eigenvalue weighted by Gasteiger charge is 2.17. The molecule has 0 spiro atoms. The number of hydrogen-bond acceptors (Lipinski definition) is 5. The van der Waals surface area contributed by atoms with Gasteiger partial charge >= 0.3 is 0 Å². The van der Waals surface area contributed by atoms with E-state index in [2.05, 4.69) is 45.1 Å². The van der Waals surface area contributed by atoms with E-state index in [1.165, 1.54) is 0 Å². The number of aromatic nitrogens is 3. The van der Waals surface area contributed by atoms with Crippen molar-refractivity contribution in [1.82, 2.24) is 19.7 Å². The van der Waals surface area contributed by atoms with Crippen molar-refractivity contribution < 1.29 is 4.74 Å². The number of nitrogens with zero attached hydrogens (tertiary/aromatic N) is 5. The summed E-state index contributed by atoms with van der Waals surface area (Å²) in [5.74, 6) is 1.74. The lowest BCUT2D eigenvalue weighted by atomic mass is 10.1. The van der Waals surface area contributed by atoms with Gasteiger partial charge in [0.15, 0.2) is 0 Å². The van der Waals surface area contributed by atoms with Crippen molar-refractivity contribution in [3.8, 4) is 22.8 Å². The Bertz CT molecular complexity index is 1070. The van der Waals surface area contributed by atoms with Crippen molar-refractivity contribution in [2.75, 3.05) is 44.2 Å². The van der Waals surface area contributed by atoms with E-state index in [4.69, 9.17) is 9.84 Å². The lowest BCUT2D eigenvalue weighted by Gasteiger charge is -2.35. The standard InChI is InChI=1S/C27H29N5O/c1-3-10-23(11-4-1)25-22-27(29-32(25)24-12-5-2-6-13-24)33-21-9-16-30-17-19-31(20-18-30)26-14-7-8-15-28-26/h1-8,10-15,22H,9,16-21H2. The molecule has 1 aliphatic rings. The molecular formula is C27H29N5O.